The van der Waals surface area contributed by atoms with Gasteiger partial charge >= 0.3 is 0 Å². The van der Waals surface area contributed by atoms with Crippen LogP contribution in [-0.4, -0.2) is 62.2 Å². The molecule has 0 atom stereocenters. The molecule has 2 aromatic carbocycles. The Labute approximate surface area is 193 Å². The number of nitrogens with one attached hydrogen (secondary N) is 2. The van der Waals surface area contributed by atoms with Crippen LogP contribution in [0, 0.1) is 0 Å². The molecule has 172 valence electrons. The standard InChI is InChI=1S/C22H27ClN4O4S/c1-16(2)17-5-9-20(10-6-17)32(30,31)27-13-11-26(12-14-27)15-21(28)24-25-22(29)18-3-7-19(23)8-4-18/h3-10,16H,11-15H2,1-2H3,(H,24,28)(H,25,29). The second kappa shape index (κ2) is 10.4. The van der Waals surface area contributed by atoms with Gasteiger partial charge in [-0.15, -0.1) is 0 Å². The summed E-state index contributed by atoms with van der Waals surface area (Å²) in [5.74, 6) is -0.500. The van der Waals surface area contributed by atoms with Crippen molar-refractivity contribution in [2.45, 2.75) is 24.7 Å². The highest BCUT2D eigenvalue weighted by molar-refractivity contribution is 7.89. The van der Waals surface area contributed by atoms with Crippen molar-refractivity contribution in [1.29, 1.82) is 0 Å². The Bertz CT molecular complexity index is 1050. The largest absolute Gasteiger partial charge is 0.292 e. The normalized spacial score (nSPS) is 15.5. The third kappa shape index (κ3) is 6.07. The number of carbonyl (C=O) groups is 2. The first kappa shape index (κ1) is 24.2. The quantitative estimate of drug-likeness (QED) is 0.620. The Hall–Kier alpha value is -2.46. The van der Waals surface area contributed by atoms with Gasteiger partial charge in [0.1, 0.15) is 0 Å². The fourth-order valence-electron chi connectivity index (χ4n) is 3.34. The molecule has 32 heavy (non-hydrogen) atoms. The van der Waals surface area contributed by atoms with Crippen LogP contribution in [0.3, 0.4) is 0 Å². The summed E-state index contributed by atoms with van der Waals surface area (Å²) in [5, 5.41) is 0.513. The highest BCUT2D eigenvalue weighted by Crippen LogP contribution is 2.21. The van der Waals surface area contributed by atoms with Crippen molar-refractivity contribution in [2.24, 2.45) is 0 Å². The average molecular weight is 479 g/mol. The molecular weight excluding hydrogens is 452 g/mol. The zero-order valence-electron chi connectivity index (χ0n) is 18.0. The minimum Gasteiger partial charge on any atom is -0.292 e. The highest BCUT2D eigenvalue weighted by Gasteiger charge is 2.29. The first-order valence-corrected chi connectivity index (χ1v) is 12.2. The van der Waals surface area contributed by atoms with Crippen molar-refractivity contribution in [2.75, 3.05) is 32.7 Å². The third-order valence-electron chi connectivity index (χ3n) is 5.30. The Balaban J connectivity index is 1.47. The molecule has 1 heterocycles. The number of benzene rings is 2. The van der Waals surface area contributed by atoms with Gasteiger partial charge in [-0.2, -0.15) is 4.31 Å². The molecule has 0 saturated carbocycles. The van der Waals surface area contributed by atoms with E-state index in [1.54, 1.807) is 36.4 Å². The molecule has 0 unspecified atom stereocenters. The van der Waals surface area contributed by atoms with E-state index < -0.39 is 15.9 Å². The summed E-state index contributed by atoms with van der Waals surface area (Å²) in [6, 6.07) is 13.3. The number of halogens is 1. The van der Waals surface area contributed by atoms with Crippen LogP contribution in [0.4, 0.5) is 0 Å². The molecule has 2 aromatic rings. The number of amides is 2. The van der Waals surface area contributed by atoms with Gasteiger partial charge < -0.3 is 0 Å². The van der Waals surface area contributed by atoms with Crippen LogP contribution in [0.1, 0.15) is 35.7 Å². The van der Waals surface area contributed by atoms with E-state index in [1.807, 2.05) is 17.0 Å². The number of nitrogens with zero attached hydrogens (tertiary/aromatic N) is 2. The molecule has 8 nitrogen and oxygen atoms in total. The van der Waals surface area contributed by atoms with Crippen LogP contribution in [0.15, 0.2) is 53.4 Å². The second-order valence-electron chi connectivity index (χ2n) is 7.91. The molecule has 0 radical (unpaired) electrons. The molecule has 1 aliphatic rings. The monoisotopic (exact) mass is 478 g/mol. The summed E-state index contributed by atoms with van der Waals surface area (Å²) in [6.07, 6.45) is 0. The minimum absolute atomic E-state index is 0.0534. The maximum absolute atomic E-state index is 12.9. The number of hydrazine groups is 1. The van der Waals surface area contributed by atoms with Crippen LogP contribution < -0.4 is 10.9 Å². The third-order valence-corrected chi connectivity index (χ3v) is 7.47. The molecule has 0 aromatic heterocycles. The van der Waals surface area contributed by atoms with Crippen molar-refractivity contribution in [1.82, 2.24) is 20.1 Å². The van der Waals surface area contributed by atoms with Crippen LogP contribution in [0.2, 0.25) is 5.02 Å². The molecule has 0 aliphatic carbocycles. The Morgan fingerprint density at radius 3 is 2.09 bits per heavy atom. The van der Waals surface area contributed by atoms with Gasteiger partial charge in [-0.3, -0.25) is 25.3 Å². The number of piperazine rings is 1. The number of carbonyl (C=O) groups excluding carboxylic acids is 2. The number of hydrogen-bond donors (Lipinski definition) is 2. The second-order valence-corrected chi connectivity index (χ2v) is 10.3. The fraction of sp³-hybridized carbons (Fsp3) is 0.364. The van der Waals surface area contributed by atoms with Crippen molar-refractivity contribution < 1.29 is 18.0 Å². The van der Waals surface area contributed by atoms with Crippen LogP contribution in [0.5, 0.6) is 0 Å². The summed E-state index contributed by atoms with van der Waals surface area (Å²) in [5.41, 5.74) is 6.20. The van der Waals surface area contributed by atoms with E-state index >= 15 is 0 Å². The predicted octanol–water partition coefficient (Wildman–Crippen LogP) is 2.23. The fourth-order valence-corrected chi connectivity index (χ4v) is 4.89. The molecule has 1 aliphatic heterocycles. The molecule has 0 spiro atoms. The Morgan fingerprint density at radius 1 is 0.938 bits per heavy atom. The van der Waals surface area contributed by atoms with Gasteiger partial charge in [0.15, 0.2) is 0 Å². The molecule has 2 amide bonds. The average Bonchev–Trinajstić information content (AvgIpc) is 2.78. The molecule has 1 fully saturated rings. The van der Waals surface area contributed by atoms with Gasteiger partial charge in [-0.25, -0.2) is 8.42 Å². The van der Waals surface area contributed by atoms with E-state index in [0.29, 0.717) is 42.7 Å². The van der Waals surface area contributed by atoms with E-state index in [1.165, 1.54) is 4.31 Å². The van der Waals surface area contributed by atoms with Crippen molar-refractivity contribution in [3.8, 4) is 0 Å². The lowest BCUT2D eigenvalue weighted by Crippen LogP contribution is -2.52. The first-order chi connectivity index (χ1) is 15.2. The summed E-state index contributed by atoms with van der Waals surface area (Å²) in [7, 11) is -3.57. The summed E-state index contributed by atoms with van der Waals surface area (Å²) >= 11 is 5.79. The van der Waals surface area contributed by atoms with E-state index in [0.717, 1.165) is 5.56 Å². The van der Waals surface area contributed by atoms with Gasteiger partial charge in [-0.1, -0.05) is 37.6 Å². The van der Waals surface area contributed by atoms with Gasteiger partial charge in [0.05, 0.1) is 11.4 Å². The van der Waals surface area contributed by atoms with E-state index in [9.17, 15) is 18.0 Å². The number of sulfonamides is 1. The number of hydrogen-bond acceptors (Lipinski definition) is 5. The summed E-state index contributed by atoms with van der Waals surface area (Å²) < 4.78 is 27.2. The van der Waals surface area contributed by atoms with Crippen LogP contribution in [-0.2, 0) is 14.8 Å². The smallest absolute Gasteiger partial charge is 0.269 e. The molecule has 1 saturated heterocycles. The molecular formula is C22H27ClN4O4S. The molecule has 3 rings (SSSR count). The maximum atomic E-state index is 12.9. The van der Waals surface area contributed by atoms with Gasteiger partial charge in [-0.05, 0) is 47.9 Å². The SMILES string of the molecule is CC(C)c1ccc(S(=O)(=O)N2CCN(CC(=O)NNC(=O)c3ccc(Cl)cc3)CC2)cc1. The van der Waals surface area contributed by atoms with Crippen LogP contribution in [0.25, 0.3) is 0 Å². The zero-order valence-corrected chi connectivity index (χ0v) is 19.6. The zero-order chi connectivity index (χ0) is 23.3. The molecule has 0 bridgehead atoms. The topological polar surface area (TPSA) is 98.8 Å². The van der Waals surface area contributed by atoms with Gasteiger partial charge in [0.2, 0.25) is 10.0 Å². The predicted molar refractivity (Wildman–Crippen MR) is 123 cm³/mol. The van der Waals surface area contributed by atoms with Crippen LogP contribution >= 0.6 is 11.6 Å². The minimum atomic E-state index is -3.57. The van der Waals surface area contributed by atoms with Gasteiger partial charge in [0, 0.05) is 36.8 Å². The lowest BCUT2D eigenvalue weighted by molar-refractivity contribution is -0.123. The van der Waals surface area contributed by atoms with Crippen molar-refractivity contribution >= 4 is 33.4 Å². The molecule has 10 heteroatoms. The lowest BCUT2D eigenvalue weighted by Gasteiger charge is -2.33. The van der Waals surface area contributed by atoms with Gasteiger partial charge in [0.25, 0.3) is 11.8 Å². The Morgan fingerprint density at radius 2 is 1.53 bits per heavy atom. The van der Waals surface area contributed by atoms with E-state index in [-0.39, 0.29) is 17.3 Å². The summed E-state index contributed by atoms with van der Waals surface area (Å²) in [6.45, 7) is 5.59. The summed E-state index contributed by atoms with van der Waals surface area (Å²) in [4.78, 5) is 26.3. The molecule has 2 N–H and O–H groups in total. The lowest BCUT2D eigenvalue weighted by atomic mass is 10.0. The number of rotatable bonds is 6. The van der Waals surface area contributed by atoms with E-state index in [4.69, 9.17) is 11.6 Å². The Kier molecular flexibility index (Phi) is 7.89. The van der Waals surface area contributed by atoms with E-state index in [2.05, 4.69) is 24.7 Å². The highest BCUT2D eigenvalue weighted by atomic mass is 35.5. The first-order valence-electron chi connectivity index (χ1n) is 10.3. The maximum Gasteiger partial charge on any atom is 0.269 e. The van der Waals surface area contributed by atoms with Crippen molar-refractivity contribution in [3.63, 3.8) is 0 Å². The van der Waals surface area contributed by atoms with Crippen molar-refractivity contribution in [3.05, 3.63) is 64.7 Å².